The van der Waals surface area contributed by atoms with E-state index in [1.54, 1.807) is 0 Å². The molecule has 0 radical (unpaired) electrons. The second kappa shape index (κ2) is 8.79. The highest BCUT2D eigenvalue weighted by Gasteiger charge is 2.25. The normalized spacial score (nSPS) is 15.4. The molecule has 1 amide bonds. The third-order valence-corrected chi connectivity index (χ3v) is 6.80. The van der Waals surface area contributed by atoms with E-state index in [0.717, 1.165) is 44.7 Å². The van der Waals surface area contributed by atoms with Crippen LogP contribution in [0.1, 0.15) is 30.9 Å². The van der Waals surface area contributed by atoms with Gasteiger partial charge in [0, 0.05) is 46.5 Å². The summed E-state index contributed by atoms with van der Waals surface area (Å²) in [5.41, 5.74) is 6.01. The van der Waals surface area contributed by atoms with Crippen LogP contribution < -0.4 is 5.32 Å². The summed E-state index contributed by atoms with van der Waals surface area (Å²) < 4.78 is 2.33. The number of piperidine rings is 1. The SMILES string of the molecule is CCn1c2ccccc2c2cc(NC(=O)C3CCN(Cc4cccc(C)c4)CC3)ccc21. The van der Waals surface area contributed by atoms with Gasteiger partial charge in [-0.1, -0.05) is 48.0 Å². The maximum absolute atomic E-state index is 13.0. The highest BCUT2D eigenvalue weighted by atomic mass is 16.1. The predicted molar refractivity (Wildman–Crippen MR) is 133 cm³/mol. The van der Waals surface area contributed by atoms with Gasteiger partial charge in [0.05, 0.1) is 0 Å². The van der Waals surface area contributed by atoms with Gasteiger partial charge in [0.1, 0.15) is 0 Å². The Hall–Kier alpha value is -3.11. The number of benzene rings is 3. The second-order valence-electron chi connectivity index (χ2n) is 9.02. The molecule has 0 unspecified atom stereocenters. The zero-order valence-corrected chi connectivity index (χ0v) is 19.0. The Morgan fingerprint density at radius 3 is 2.50 bits per heavy atom. The van der Waals surface area contributed by atoms with Crippen LogP contribution in [0, 0.1) is 12.8 Å². The van der Waals surface area contributed by atoms with Crippen molar-refractivity contribution in [1.82, 2.24) is 9.47 Å². The summed E-state index contributed by atoms with van der Waals surface area (Å²) in [6.07, 6.45) is 1.82. The van der Waals surface area contributed by atoms with Gasteiger partial charge in [-0.25, -0.2) is 0 Å². The standard InChI is InChI=1S/C28H31N3O/c1-3-31-26-10-5-4-9-24(26)25-18-23(11-12-27(25)31)29-28(32)22-13-15-30(16-14-22)19-21-8-6-7-20(2)17-21/h4-12,17-18,22H,3,13-16,19H2,1-2H3,(H,29,32). The molecule has 4 nitrogen and oxygen atoms in total. The average molecular weight is 426 g/mol. The van der Waals surface area contributed by atoms with E-state index in [1.807, 2.05) is 6.07 Å². The molecule has 0 saturated carbocycles. The fourth-order valence-electron chi connectivity index (χ4n) is 5.14. The van der Waals surface area contributed by atoms with Crippen LogP contribution in [0.4, 0.5) is 5.69 Å². The second-order valence-corrected chi connectivity index (χ2v) is 9.02. The number of anilines is 1. The van der Waals surface area contributed by atoms with Crippen LogP contribution in [0.25, 0.3) is 21.8 Å². The number of carbonyl (C=O) groups excluding carboxylic acids is 1. The molecule has 5 rings (SSSR count). The summed E-state index contributed by atoms with van der Waals surface area (Å²) in [7, 11) is 0. The van der Waals surface area contributed by atoms with Gasteiger partial charge in [0.25, 0.3) is 0 Å². The van der Waals surface area contributed by atoms with E-state index in [0.29, 0.717) is 0 Å². The number of aromatic nitrogens is 1. The van der Waals surface area contributed by atoms with E-state index in [2.05, 4.69) is 89.3 Å². The van der Waals surface area contributed by atoms with E-state index in [1.165, 1.54) is 32.9 Å². The van der Waals surface area contributed by atoms with Crippen molar-refractivity contribution in [2.75, 3.05) is 18.4 Å². The molecular weight excluding hydrogens is 394 g/mol. The molecule has 4 heteroatoms. The predicted octanol–water partition coefficient (Wildman–Crippen LogP) is 5.97. The van der Waals surface area contributed by atoms with Crippen LogP contribution in [0.15, 0.2) is 66.7 Å². The van der Waals surface area contributed by atoms with Crippen LogP contribution in [0.2, 0.25) is 0 Å². The summed E-state index contributed by atoms with van der Waals surface area (Å²) in [5.74, 6) is 0.232. The monoisotopic (exact) mass is 425 g/mol. The number of carbonyl (C=O) groups is 1. The van der Waals surface area contributed by atoms with Crippen molar-refractivity contribution in [3.05, 3.63) is 77.9 Å². The third kappa shape index (κ3) is 4.03. The molecule has 1 fully saturated rings. The van der Waals surface area contributed by atoms with E-state index >= 15 is 0 Å². The van der Waals surface area contributed by atoms with E-state index < -0.39 is 0 Å². The van der Waals surface area contributed by atoms with Gasteiger partial charge in [-0.15, -0.1) is 0 Å². The molecule has 1 aliphatic heterocycles. The largest absolute Gasteiger partial charge is 0.341 e. The minimum Gasteiger partial charge on any atom is -0.341 e. The number of likely N-dealkylation sites (tertiary alicyclic amines) is 1. The summed E-state index contributed by atoms with van der Waals surface area (Å²) in [5, 5.41) is 5.64. The van der Waals surface area contributed by atoms with Gasteiger partial charge in [0.15, 0.2) is 0 Å². The third-order valence-electron chi connectivity index (χ3n) is 6.80. The average Bonchev–Trinajstić information content (AvgIpc) is 3.12. The van der Waals surface area contributed by atoms with Crippen LogP contribution >= 0.6 is 0 Å². The summed E-state index contributed by atoms with van der Waals surface area (Å²) in [6, 6.07) is 23.5. The van der Waals surface area contributed by atoms with Crippen molar-refractivity contribution in [1.29, 1.82) is 0 Å². The van der Waals surface area contributed by atoms with Crippen molar-refractivity contribution in [2.45, 2.75) is 39.8 Å². The molecule has 1 aromatic heterocycles. The van der Waals surface area contributed by atoms with Gasteiger partial charge in [0.2, 0.25) is 5.91 Å². The molecule has 0 spiro atoms. The van der Waals surface area contributed by atoms with Crippen molar-refractivity contribution in [3.8, 4) is 0 Å². The lowest BCUT2D eigenvalue weighted by atomic mass is 9.95. The number of hydrogen-bond donors (Lipinski definition) is 1. The van der Waals surface area contributed by atoms with Gasteiger partial charge < -0.3 is 9.88 Å². The zero-order valence-electron chi connectivity index (χ0n) is 19.0. The first-order chi connectivity index (χ1) is 15.6. The maximum Gasteiger partial charge on any atom is 0.227 e. The lowest BCUT2D eigenvalue weighted by Gasteiger charge is -2.31. The Bertz CT molecular complexity index is 1260. The first kappa shape index (κ1) is 20.8. The summed E-state index contributed by atoms with van der Waals surface area (Å²) in [6.45, 7) is 8.14. The maximum atomic E-state index is 13.0. The Morgan fingerprint density at radius 1 is 0.938 bits per heavy atom. The highest BCUT2D eigenvalue weighted by molar-refractivity contribution is 6.09. The Kier molecular flexibility index (Phi) is 5.71. The van der Waals surface area contributed by atoms with E-state index in [4.69, 9.17) is 0 Å². The number of amides is 1. The number of nitrogens with zero attached hydrogens (tertiary/aromatic N) is 2. The quantitative estimate of drug-likeness (QED) is 0.427. The number of para-hydroxylation sites is 1. The fraction of sp³-hybridized carbons (Fsp3) is 0.321. The van der Waals surface area contributed by atoms with Crippen LogP contribution in [0.3, 0.4) is 0 Å². The fourth-order valence-corrected chi connectivity index (χ4v) is 5.14. The van der Waals surface area contributed by atoms with Crippen molar-refractivity contribution < 1.29 is 4.79 Å². The topological polar surface area (TPSA) is 37.3 Å². The molecule has 1 aliphatic rings. The van der Waals surface area contributed by atoms with Gasteiger partial charge in [-0.3, -0.25) is 9.69 Å². The first-order valence-corrected chi connectivity index (χ1v) is 11.7. The molecule has 0 bridgehead atoms. The number of hydrogen-bond acceptors (Lipinski definition) is 2. The van der Waals surface area contributed by atoms with Crippen LogP contribution in [0.5, 0.6) is 0 Å². The smallest absolute Gasteiger partial charge is 0.227 e. The van der Waals surface area contributed by atoms with Crippen molar-refractivity contribution in [3.63, 3.8) is 0 Å². The van der Waals surface area contributed by atoms with E-state index in [9.17, 15) is 4.79 Å². The van der Waals surface area contributed by atoms with Crippen LogP contribution in [-0.2, 0) is 17.9 Å². The van der Waals surface area contributed by atoms with Gasteiger partial charge in [-0.05, 0) is 69.6 Å². The minimum absolute atomic E-state index is 0.0800. The van der Waals surface area contributed by atoms with Crippen molar-refractivity contribution in [2.24, 2.45) is 5.92 Å². The first-order valence-electron chi connectivity index (χ1n) is 11.7. The summed E-state index contributed by atoms with van der Waals surface area (Å²) >= 11 is 0. The minimum atomic E-state index is 0.0800. The van der Waals surface area contributed by atoms with Crippen LogP contribution in [-0.4, -0.2) is 28.5 Å². The molecule has 32 heavy (non-hydrogen) atoms. The van der Waals surface area contributed by atoms with E-state index in [-0.39, 0.29) is 11.8 Å². The lowest BCUT2D eigenvalue weighted by Crippen LogP contribution is -2.37. The molecule has 164 valence electrons. The Morgan fingerprint density at radius 2 is 1.72 bits per heavy atom. The molecule has 1 saturated heterocycles. The molecule has 2 heterocycles. The summed E-state index contributed by atoms with van der Waals surface area (Å²) in [4.78, 5) is 15.5. The zero-order chi connectivity index (χ0) is 22.1. The van der Waals surface area contributed by atoms with Gasteiger partial charge >= 0.3 is 0 Å². The number of aryl methyl sites for hydroxylation is 2. The molecule has 4 aromatic rings. The van der Waals surface area contributed by atoms with Crippen molar-refractivity contribution >= 4 is 33.4 Å². The lowest BCUT2D eigenvalue weighted by molar-refractivity contribution is -0.121. The Labute approximate surface area is 189 Å². The molecule has 1 N–H and O–H groups in total. The molecule has 0 atom stereocenters. The highest BCUT2D eigenvalue weighted by Crippen LogP contribution is 2.31. The number of fused-ring (bicyclic) bond motifs is 3. The molecule has 3 aromatic carbocycles. The number of rotatable bonds is 5. The Balaban J connectivity index is 1.26. The number of nitrogens with one attached hydrogen (secondary N) is 1. The molecule has 0 aliphatic carbocycles. The van der Waals surface area contributed by atoms with Gasteiger partial charge in [-0.2, -0.15) is 0 Å². The molecular formula is C28H31N3O.